The fourth-order valence-corrected chi connectivity index (χ4v) is 2.63. The number of carbonyl (C=O) groups is 2. The van der Waals surface area contributed by atoms with Crippen molar-refractivity contribution in [3.05, 3.63) is 76.1 Å². The number of nitrogens with one attached hydrogen (secondary N) is 1. The molecule has 30 heavy (non-hydrogen) atoms. The standard InChI is InChI=1S/C20H18N4O6/c1-13-4-2-3-5-18(13)30-17-9-15(8-16(10-17)24(28)29)22-20(27)14-11-21-23(12-14)7-6-19(25)26/h2-5,8-12H,6-7H2,1H3,(H,22,27)(H,25,26). The van der Waals surface area contributed by atoms with Crippen molar-refractivity contribution in [1.29, 1.82) is 0 Å². The van der Waals surface area contributed by atoms with Gasteiger partial charge in [-0.1, -0.05) is 18.2 Å². The van der Waals surface area contributed by atoms with E-state index >= 15 is 0 Å². The predicted molar refractivity (Wildman–Crippen MR) is 107 cm³/mol. The zero-order valence-corrected chi connectivity index (χ0v) is 15.9. The highest BCUT2D eigenvalue weighted by Crippen LogP contribution is 2.31. The summed E-state index contributed by atoms with van der Waals surface area (Å²) in [5, 5.41) is 26.5. The molecule has 0 unspecified atom stereocenters. The number of amides is 1. The number of ether oxygens (including phenoxy) is 1. The third kappa shape index (κ3) is 5.19. The van der Waals surface area contributed by atoms with Crippen LogP contribution in [-0.2, 0) is 11.3 Å². The summed E-state index contributed by atoms with van der Waals surface area (Å²) in [6.45, 7) is 1.96. The van der Waals surface area contributed by atoms with Crippen molar-refractivity contribution in [1.82, 2.24) is 9.78 Å². The number of nitro benzene ring substituents is 1. The van der Waals surface area contributed by atoms with E-state index in [4.69, 9.17) is 9.84 Å². The van der Waals surface area contributed by atoms with Gasteiger partial charge in [-0.15, -0.1) is 0 Å². The number of hydrogen-bond acceptors (Lipinski definition) is 6. The van der Waals surface area contributed by atoms with E-state index in [0.717, 1.165) is 5.56 Å². The van der Waals surface area contributed by atoms with E-state index < -0.39 is 16.8 Å². The first kappa shape index (κ1) is 20.5. The Morgan fingerprint density at radius 2 is 2.03 bits per heavy atom. The molecule has 0 bridgehead atoms. The second kappa shape index (κ2) is 8.86. The molecule has 0 fully saturated rings. The number of aliphatic carboxylic acids is 1. The van der Waals surface area contributed by atoms with Crippen LogP contribution in [-0.4, -0.2) is 31.7 Å². The Labute approximate surface area is 170 Å². The number of nitrogens with zero attached hydrogens (tertiary/aromatic N) is 3. The maximum Gasteiger partial charge on any atom is 0.305 e. The number of benzene rings is 2. The van der Waals surface area contributed by atoms with Crippen molar-refractivity contribution in [3.63, 3.8) is 0 Å². The molecule has 10 nitrogen and oxygen atoms in total. The minimum atomic E-state index is -0.978. The first-order chi connectivity index (χ1) is 14.3. The van der Waals surface area contributed by atoms with Crippen molar-refractivity contribution >= 4 is 23.3 Å². The van der Waals surface area contributed by atoms with Gasteiger partial charge >= 0.3 is 5.97 Å². The Morgan fingerprint density at radius 3 is 2.73 bits per heavy atom. The molecule has 0 atom stereocenters. The van der Waals surface area contributed by atoms with E-state index in [1.807, 2.05) is 19.1 Å². The second-order valence-electron chi connectivity index (χ2n) is 6.43. The smallest absolute Gasteiger partial charge is 0.305 e. The molecular weight excluding hydrogens is 392 g/mol. The quantitative estimate of drug-likeness (QED) is 0.427. The molecule has 0 aliphatic carbocycles. The van der Waals surface area contributed by atoms with Crippen LogP contribution in [0.3, 0.4) is 0 Å². The first-order valence-corrected chi connectivity index (χ1v) is 8.90. The maximum atomic E-state index is 12.5. The summed E-state index contributed by atoms with van der Waals surface area (Å²) < 4.78 is 7.10. The van der Waals surface area contributed by atoms with E-state index in [1.165, 1.54) is 35.3 Å². The Hall–Kier alpha value is -4.21. The minimum Gasteiger partial charge on any atom is -0.481 e. The van der Waals surface area contributed by atoms with Gasteiger partial charge in [0.1, 0.15) is 11.5 Å². The Bertz CT molecular complexity index is 1110. The normalized spacial score (nSPS) is 10.4. The third-order valence-corrected chi connectivity index (χ3v) is 4.13. The van der Waals surface area contributed by atoms with Gasteiger partial charge in [-0.3, -0.25) is 24.4 Å². The summed E-state index contributed by atoms with van der Waals surface area (Å²) in [4.78, 5) is 33.8. The third-order valence-electron chi connectivity index (χ3n) is 4.13. The van der Waals surface area contributed by atoms with Crippen molar-refractivity contribution < 1.29 is 24.4 Å². The van der Waals surface area contributed by atoms with Crippen molar-refractivity contribution in [3.8, 4) is 11.5 Å². The Morgan fingerprint density at radius 1 is 1.27 bits per heavy atom. The number of carboxylic acid groups (broad SMARTS) is 1. The van der Waals surface area contributed by atoms with Gasteiger partial charge in [0.15, 0.2) is 0 Å². The van der Waals surface area contributed by atoms with E-state index in [-0.39, 0.29) is 35.7 Å². The van der Waals surface area contributed by atoms with Crippen LogP contribution in [0.4, 0.5) is 11.4 Å². The molecule has 2 aromatic carbocycles. The Balaban J connectivity index is 1.80. The molecule has 1 aromatic heterocycles. The maximum absolute atomic E-state index is 12.5. The van der Waals surface area contributed by atoms with Crippen LogP contribution in [0.1, 0.15) is 22.3 Å². The fraction of sp³-hybridized carbons (Fsp3) is 0.150. The van der Waals surface area contributed by atoms with Crippen molar-refractivity contribution in [2.45, 2.75) is 19.9 Å². The van der Waals surface area contributed by atoms with Crippen molar-refractivity contribution in [2.75, 3.05) is 5.32 Å². The van der Waals surface area contributed by atoms with Crippen LogP contribution in [0.15, 0.2) is 54.9 Å². The average Bonchev–Trinajstić information content (AvgIpc) is 3.17. The van der Waals surface area contributed by atoms with Crippen LogP contribution in [0.5, 0.6) is 11.5 Å². The van der Waals surface area contributed by atoms with E-state index in [0.29, 0.717) is 5.75 Å². The molecule has 1 amide bonds. The van der Waals surface area contributed by atoms with Crippen LogP contribution in [0, 0.1) is 17.0 Å². The van der Waals surface area contributed by atoms with Gasteiger partial charge in [0.05, 0.1) is 41.4 Å². The molecule has 0 saturated carbocycles. The number of para-hydroxylation sites is 1. The lowest BCUT2D eigenvalue weighted by atomic mass is 10.2. The Kier molecular flexibility index (Phi) is 6.06. The topological polar surface area (TPSA) is 137 Å². The summed E-state index contributed by atoms with van der Waals surface area (Å²) in [7, 11) is 0. The molecular formula is C20H18N4O6. The first-order valence-electron chi connectivity index (χ1n) is 8.90. The molecule has 154 valence electrons. The van der Waals surface area contributed by atoms with E-state index in [9.17, 15) is 19.7 Å². The number of nitro groups is 1. The molecule has 0 radical (unpaired) electrons. The van der Waals surface area contributed by atoms with Gasteiger partial charge in [-0.25, -0.2) is 0 Å². The largest absolute Gasteiger partial charge is 0.481 e. The van der Waals surface area contributed by atoms with Gasteiger partial charge in [0.25, 0.3) is 11.6 Å². The number of aryl methyl sites for hydroxylation is 2. The summed E-state index contributed by atoms with van der Waals surface area (Å²) in [6, 6.07) is 11.2. The lowest BCUT2D eigenvalue weighted by molar-refractivity contribution is -0.384. The van der Waals surface area contributed by atoms with Crippen LogP contribution in [0.2, 0.25) is 0 Å². The number of aromatic nitrogens is 2. The highest BCUT2D eigenvalue weighted by molar-refractivity contribution is 6.04. The van der Waals surface area contributed by atoms with Gasteiger partial charge in [0, 0.05) is 18.3 Å². The van der Waals surface area contributed by atoms with Gasteiger partial charge in [-0.05, 0) is 18.6 Å². The lowest BCUT2D eigenvalue weighted by Gasteiger charge is -2.10. The van der Waals surface area contributed by atoms with Crippen LogP contribution >= 0.6 is 0 Å². The number of rotatable bonds is 8. The number of anilines is 1. The summed E-state index contributed by atoms with van der Waals surface area (Å²) in [5.74, 6) is -0.783. The SMILES string of the molecule is Cc1ccccc1Oc1cc(NC(=O)c2cnn(CCC(=O)O)c2)cc([N+](=O)[O-])c1. The zero-order chi connectivity index (χ0) is 21.7. The van der Waals surface area contributed by atoms with Gasteiger partial charge in [-0.2, -0.15) is 5.10 Å². The highest BCUT2D eigenvalue weighted by Gasteiger charge is 2.15. The molecule has 0 aliphatic rings. The molecule has 0 aliphatic heterocycles. The molecule has 3 rings (SSSR count). The molecule has 10 heteroatoms. The molecule has 0 spiro atoms. The number of hydrogen-bond donors (Lipinski definition) is 2. The average molecular weight is 410 g/mol. The minimum absolute atomic E-state index is 0.119. The van der Waals surface area contributed by atoms with Crippen LogP contribution in [0.25, 0.3) is 0 Å². The van der Waals surface area contributed by atoms with Gasteiger partial charge < -0.3 is 15.2 Å². The predicted octanol–water partition coefficient (Wildman–Crippen LogP) is 3.62. The van der Waals surface area contributed by atoms with E-state index in [2.05, 4.69) is 10.4 Å². The lowest BCUT2D eigenvalue weighted by Crippen LogP contribution is -2.11. The summed E-state index contributed by atoms with van der Waals surface area (Å²) >= 11 is 0. The van der Waals surface area contributed by atoms with Gasteiger partial charge in [0.2, 0.25) is 0 Å². The van der Waals surface area contributed by atoms with Crippen LogP contribution < -0.4 is 10.1 Å². The number of non-ortho nitro benzene ring substituents is 1. The highest BCUT2D eigenvalue weighted by atomic mass is 16.6. The van der Waals surface area contributed by atoms with Crippen molar-refractivity contribution in [2.24, 2.45) is 0 Å². The second-order valence-corrected chi connectivity index (χ2v) is 6.43. The number of carboxylic acids is 1. The molecule has 3 aromatic rings. The summed E-state index contributed by atoms with van der Waals surface area (Å²) in [5.41, 5.74) is 0.973. The molecule has 2 N–H and O–H groups in total. The fourth-order valence-electron chi connectivity index (χ4n) is 2.63. The number of carbonyl (C=O) groups excluding carboxylic acids is 1. The molecule has 0 saturated heterocycles. The summed E-state index contributed by atoms with van der Waals surface area (Å²) in [6.07, 6.45) is 2.56. The monoisotopic (exact) mass is 410 g/mol. The van der Waals surface area contributed by atoms with E-state index in [1.54, 1.807) is 12.1 Å². The zero-order valence-electron chi connectivity index (χ0n) is 15.9. The molecule has 1 heterocycles.